The molecule has 0 radical (unpaired) electrons. The third-order valence-electron chi connectivity index (χ3n) is 8.12. The fourth-order valence-electron chi connectivity index (χ4n) is 5.90. The molecule has 1 aliphatic heterocycles. The van der Waals surface area contributed by atoms with Crippen LogP contribution in [0.25, 0.3) is 0 Å². The van der Waals surface area contributed by atoms with Crippen LogP contribution >= 0.6 is 15.9 Å². The molecule has 8 heteroatoms. The Morgan fingerprint density at radius 1 is 0.857 bits per heavy atom. The predicted molar refractivity (Wildman–Crippen MR) is 165 cm³/mol. The Morgan fingerprint density at radius 2 is 1.50 bits per heavy atom. The van der Waals surface area contributed by atoms with Gasteiger partial charge in [0.25, 0.3) is 11.8 Å². The molecular formula is C34H36BrN3O4. The van der Waals surface area contributed by atoms with Crippen molar-refractivity contribution in [3.63, 3.8) is 0 Å². The van der Waals surface area contributed by atoms with Crippen molar-refractivity contribution in [2.24, 2.45) is 0 Å². The molecule has 1 unspecified atom stereocenters. The first-order valence-corrected chi connectivity index (χ1v) is 15.5. The van der Waals surface area contributed by atoms with Gasteiger partial charge < -0.3 is 10.2 Å². The van der Waals surface area contributed by atoms with Crippen molar-refractivity contribution in [1.29, 1.82) is 0 Å². The maximum absolute atomic E-state index is 14.0. The van der Waals surface area contributed by atoms with E-state index in [0.29, 0.717) is 24.0 Å². The number of hydrogen-bond acceptors (Lipinski definition) is 4. The van der Waals surface area contributed by atoms with E-state index in [1.807, 2.05) is 54.6 Å². The molecule has 0 spiro atoms. The Bertz CT molecular complexity index is 1400. The highest BCUT2D eigenvalue weighted by Crippen LogP contribution is 2.24. The summed E-state index contributed by atoms with van der Waals surface area (Å²) in [4.78, 5) is 56.4. The molecule has 218 valence electrons. The Kier molecular flexibility index (Phi) is 9.85. The van der Waals surface area contributed by atoms with E-state index in [9.17, 15) is 19.2 Å². The van der Waals surface area contributed by atoms with Gasteiger partial charge in [0.2, 0.25) is 11.8 Å². The van der Waals surface area contributed by atoms with Crippen molar-refractivity contribution in [2.75, 3.05) is 6.54 Å². The third-order valence-corrected chi connectivity index (χ3v) is 8.61. The van der Waals surface area contributed by atoms with Gasteiger partial charge in [0.15, 0.2) is 0 Å². The second-order valence-corrected chi connectivity index (χ2v) is 12.0. The first-order chi connectivity index (χ1) is 20.4. The van der Waals surface area contributed by atoms with Gasteiger partial charge in [0.05, 0.1) is 11.1 Å². The Balaban J connectivity index is 1.35. The number of carbonyl (C=O) groups is 4. The maximum atomic E-state index is 14.0. The lowest BCUT2D eigenvalue weighted by atomic mass is 9.94. The second-order valence-electron chi connectivity index (χ2n) is 11.1. The number of hydrogen-bond donors (Lipinski definition) is 1. The van der Waals surface area contributed by atoms with Crippen molar-refractivity contribution in [2.45, 2.75) is 70.0 Å². The van der Waals surface area contributed by atoms with Crippen LogP contribution in [0.4, 0.5) is 0 Å². The molecule has 42 heavy (non-hydrogen) atoms. The zero-order valence-electron chi connectivity index (χ0n) is 23.6. The number of imide groups is 1. The van der Waals surface area contributed by atoms with Crippen LogP contribution in [0.2, 0.25) is 0 Å². The van der Waals surface area contributed by atoms with Crippen LogP contribution in [0.15, 0.2) is 83.3 Å². The average molecular weight is 631 g/mol. The van der Waals surface area contributed by atoms with Gasteiger partial charge in [-0.25, -0.2) is 0 Å². The molecule has 1 N–H and O–H groups in total. The molecule has 1 saturated carbocycles. The molecule has 1 atom stereocenters. The summed E-state index contributed by atoms with van der Waals surface area (Å²) >= 11 is 3.53. The molecule has 1 fully saturated rings. The molecule has 2 aliphatic rings. The Labute approximate surface area is 255 Å². The van der Waals surface area contributed by atoms with Gasteiger partial charge in [0, 0.05) is 36.4 Å². The highest BCUT2D eigenvalue weighted by Gasteiger charge is 2.36. The Morgan fingerprint density at radius 3 is 2.17 bits per heavy atom. The van der Waals surface area contributed by atoms with Crippen LogP contribution in [0.5, 0.6) is 0 Å². The summed E-state index contributed by atoms with van der Waals surface area (Å²) in [6.07, 6.45) is 6.05. The van der Waals surface area contributed by atoms with E-state index in [2.05, 4.69) is 21.2 Å². The van der Waals surface area contributed by atoms with Crippen LogP contribution < -0.4 is 5.32 Å². The number of fused-ring (bicyclic) bond motifs is 1. The number of carbonyl (C=O) groups excluding carboxylic acids is 4. The lowest BCUT2D eigenvalue weighted by molar-refractivity contribution is -0.141. The van der Waals surface area contributed by atoms with Crippen LogP contribution in [0.1, 0.15) is 76.8 Å². The zero-order chi connectivity index (χ0) is 29.5. The van der Waals surface area contributed by atoms with E-state index in [1.54, 1.807) is 29.2 Å². The normalized spacial score (nSPS) is 15.8. The third kappa shape index (κ3) is 7.16. The van der Waals surface area contributed by atoms with Crippen LogP contribution in [-0.4, -0.2) is 52.1 Å². The zero-order valence-corrected chi connectivity index (χ0v) is 25.2. The van der Waals surface area contributed by atoms with E-state index < -0.39 is 6.04 Å². The van der Waals surface area contributed by atoms with E-state index >= 15 is 0 Å². The summed E-state index contributed by atoms with van der Waals surface area (Å²) in [5.41, 5.74) is 2.67. The maximum Gasteiger partial charge on any atom is 0.261 e. The topological polar surface area (TPSA) is 86.8 Å². The number of benzene rings is 3. The lowest BCUT2D eigenvalue weighted by Crippen LogP contribution is -2.52. The smallest absolute Gasteiger partial charge is 0.261 e. The molecule has 7 nitrogen and oxygen atoms in total. The highest BCUT2D eigenvalue weighted by molar-refractivity contribution is 9.10. The van der Waals surface area contributed by atoms with Gasteiger partial charge >= 0.3 is 0 Å². The summed E-state index contributed by atoms with van der Waals surface area (Å²) in [7, 11) is 0. The molecule has 0 saturated heterocycles. The van der Waals surface area contributed by atoms with Crippen molar-refractivity contribution in [3.8, 4) is 0 Å². The van der Waals surface area contributed by atoms with Crippen molar-refractivity contribution >= 4 is 39.6 Å². The first-order valence-electron chi connectivity index (χ1n) is 14.7. The largest absolute Gasteiger partial charge is 0.352 e. The molecular weight excluding hydrogens is 594 g/mol. The number of amides is 4. The van der Waals surface area contributed by atoms with Gasteiger partial charge in [-0.15, -0.1) is 0 Å². The van der Waals surface area contributed by atoms with Crippen molar-refractivity contribution < 1.29 is 19.2 Å². The number of halogens is 1. The fourth-order valence-corrected chi connectivity index (χ4v) is 6.35. The average Bonchev–Trinajstić information content (AvgIpc) is 3.25. The van der Waals surface area contributed by atoms with Gasteiger partial charge in [-0.3, -0.25) is 24.1 Å². The minimum absolute atomic E-state index is 0.101. The van der Waals surface area contributed by atoms with Crippen molar-refractivity contribution in [1.82, 2.24) is 15.1 Å². The first kappa shape index (κ1) is 29.7. The molecule has 3 aromatic carbocycles. The quantitative estimate of drug-likeness (QED) is 0.267. The van der Waals surface area contributed by atoms with Crippen LogP contribution in [-0.2, 0) is 22.6 Å². The van der Waals surface area contributed by atoms with E-state index in [4.69, 9.17) is 0 Å². The van der Waals surface area contributed by atoms with E-state index in [1.165, 1.54) is 11.3 Å². The van der Waals surface area contributed by atoms with Crippen molar-refractivity contribution in [3.05, 3.63) is 106 Å². The van der Waals surface area contributed by atoms with Gasteiger partial charge in [0.1, 0.15) is 6.04 Å². The Hall–Kier alpha value is -3.78. The molecule has 5 rings (SSSR count). The summed E-state index contributed by atoms with van der Waals surface area (Å²) in [6, 6.07) is 23.7. The summed E-state index contributed by atoms with van der Waals surface area (Å²) < 4.78 is 0.893. The molecule has 1 aliphatic carbocycles. The minimum atomic E-state index is -0.708. The standard InChI is InChI=1S/C34H36BrN3O4/c35-26-14-9-13-25(21-26)23-38(31(39)19-10-20-37-33(41)28-17-7-8-18-29(28)34(37)42)30(22-24-11-3-1-4-12-24)32(40)36-27-15-5-2-6-16-27/h1,3-4,7-9,11-14,17-18,21,27,30H,2,5-6,10,15-16,19-20,22-23H2,(H,36,40). The predicted octanol–water partition coefficient (Wildman–Crippen LogP) is 5.91. The van der Waals surface area contributed by atoms with E-state index in [-0.39, 0.29) is 49.2 Å². The van der Waals surface area contributed by atoms with Gasteiger partial charge in [-0.1, -0.05) is 89.8 Å². The minimum Gasteiger partial charge on any atom is -0.352 e. The lowest BCUT2D eigenvalue weighted by Gasteiger charge is -2.33. The van der Waals surface area contributed by atoms with Gasteiger partial charge in [-0.2, -0.15) is 0 Å². The molecule has 0 aromatic heterocycles. The number of rotatable bonds is 11. The van der Waals surface area contributed by atoms with Crippen LogP contribution in [0, 0.1) is 0 Å². The fraction of sp³-hybridized carbons (Fsp3) is 0.353. The summed E-state index contributed by atoms with van der Waals surface area (Å²) in [5, 5.41) is 3.25. The number of nitrogens with one attached hydrogen (secondary N) is 1. The summed E-state index contributed by atoms with van der Waals surface area (Å²) in [5.74, 6) is -0.994. The molecule has 1 heterocycles. The molecule has 3 aromatic rings. The number of nitrogens with zero attached hydrogens (tertiary/aromatic N) is 2. The van der Waals surface area contributed by atoms with Gasteiger partial charge in [-0.05, 0) is 54.7 Å². The van der Waals surface area contributed by atoms with Crippen LogP contribution in [0.3, 0.4) is 0 Å². The summed E-state index contributed by atoms with van der Waals surface area (Å²) in [6.45, 7) is 0.404. The molecule has 4 amide bonds. The monoisotopic (exact) mass is 629 g/mol. The SMILES string of the molecule is O=C(NC1CCCCC1)C(Cc1ccccc1)N(Cc1cccc(Br)c1)C(=O)CCCN1C(=O)c2ccccc2C1=O. The highest BCUT2D eigenvalue weighted by atomic mass is 79.9. The van der Waals surface area contributed by atoms with E-state index in [0.717, 1.165) is 41.3 Å². The second kappa shape index (κ2) is 13.9. The molecule has 0 bridgehead atoms.